The van der Waals surface area contributed by atoms with Crippen molar-refractivity contribution in [2.75, 3.05) is 5.32 Å². The number of hydrogen-bond donors (Lipinski definition) is 3. The fourth-order valence-electron chi connectivity index (χ4n) is 4.35. The van der Waals surface area contributed by atoms with Gasteiger partial charge in [-0.05, 0) is 36.0 Å². The number of aromatic hydroxyl groups is 1. The van der Waals surface area contributed by atoms with Crippen molar-refractivity contribution in [3.63, 3.8) is 0 Å². The monoisotopic (exact) mass is 498 g/mol. The number of anilines is 1. The Kier molecular flexibility index (Phi) is 6.46. The maximum atomic E-state index is 13.6. The van der Waals surface area contributed by atoms with Gasteiger partial charge in [0, 0.05) is 27.4 Å². The molecular weight excluding hydrogens is 476 g/mol. The number of nitrogens with one attached hydrogen (secondary N) is 1. The standard InChI is InChI=1S/C27H22N4O4S/c28-13-20(27(35)29-17-11-10-16(14-32)22(33)12-17)26(34)24-21-15-36-23-9-5-4-8-19(23)25(21)31(30-24)18-6-2-1-3-7-18/h2-7,9-12,15,18,20,32-33H,1,8,14H2,(H,29,35). The molecule has 3 aliphatic rings. The number of thioether (sulfide) groups is 1. The summed E-state index contributed by atoms with van der Waals surface area (Å²) in [5, 5.41) is 39.4. The molecule has 1 aromatic heterocycles. The zero-order valence-electron chi connectivity index (χ0n) is 19.1. The molecule has 9 heteroatoms. The van der Waals surface area contributed by atoms with E-state index in [4.69, 9.17) is 0 Å². The lowest BCUT2D eigenvalue weighted by molar-refractivity contribution is -0.117. The van der Waals surface area contributed by atoms with Crippen LogP contribution in [0, 0.1) is 17.2 Å². The zero-order chi connectivity index (χ0) is 25.2. The van der Waals surface area contributed by atoms with Crippen LogP contribution < -0.4 is 15.9 Å². The molecule has 0 saturated carbocycles. The molecule has 0 radical (unpaired) electrons. The van der Waals surface area contributed by atoms with Crippen LogP contribution in [0.2, 0.25) is 0 Å². The number of ketones is 1. The summed E-state index contributed by atoms with van der Waals surface area (Å²) in [6, 6.07) is 5.81. The van der Waals surface area contributed by atoms with Crippen molar-refractivity contribution in [2.24, 2.45) is 5.92 Å². The highest BCUT2D eigenvalue weighted by Crippen LogP contribution is 2.33. The highest BCUT2D eigenvalue weighted by molar-refractivity contribution is 8.10. The third-order valence-corrected chi connectivity index (χ3v) is 7.16. The smallest absolute Gasteiger partial charge is 0.249 e. The largest absolute Gasteiger partial charge is 0.508 e. The highest BCUT2D eigenvalue weighted by Gasteiger charge is 2.33. The average molecular weight is 499 g/mol. The lowest BCUT2D eigenvalue weighted by Gasteiger charge is -2.18. The molecular formula is C27H22N4O4S. The molecule has 2 heterocycles. The van der Waals surface area contributed by atoms with Gasteiger partial charge in [0.25, 0.3) is 0 Å². The van der Waals surface area contributed by atoms with Gasteiger partial charge in [-0.25, -0.2) is 0 Å². The van der Waals surface area contributed by atoms with Gasteiger partial charge in [0.15, 0.2) is 5.92 Å². The second-order valence-corrected chi connectivity index (χ2v) is 9.34. The Labute approximate surface area is 210 Å². The van der Waals surface area contributed by atoms with Crippen LogP contribution in [0.3, 0.4) is 0 Å². The number of carbonyl (C=O) groups excluding carboxylic acids is 2. The number of aliphatic hydroxyl groups excluding tert-OH is 1. The van der Waals surface area contributed by atoms with Gasteiger partial charge in [-0.3, -0.25) is 14.3 Å². The minimum absolute atomic E-state index is 0.0751. The summed E-state index contributed by atoms with van der Waals surface area (Å²) in [7, 11) is 0. The van der Waals surface area contributed by atoms with Crippen LogP contribution in [0.25, 0.3) is 11.0 Å². The number of benzene rings is 1. The topological polar surface area (TPSA) is 128 Å². The van der Waals surface area contributed by atoms with Crippen LogP contribution >= 0.6 is 11.8 Å². The van der Waals surface area contributed by atoms with E-state index in [2.05, 4.69) is 10.4 Å². The third-order valence-electron chi connectivity index (χ3n) is 6.17. The summed E-state index contributed by atoms with van der Waals surface area (Å²) >= 11 is 1.49. The molecule has 36 heavy (non-hydrogen) atoms. The van der Waals surface area contributed by atoms with E-state index in [-0.39, 0.29) is 29.8 Å². The maximum absolute atomic E-state index is 13.6. The van der Waals surface area contributed by atoms with Gasteiger partial charge >= 0.3 is 0 Å². The molecule has 0 spiro atoms. The van der Waals surface area contributed by atoms with Crippen molar-refractivity contribution in [1.29, 1.82) is 5.26 Å². The van der Waals surface area contributed by atoms with E-state index in [1.165, 1.54) is 30.0 Å². The van der Waals surface area contributed by atoms with Crippen LogP contribution in [-0.4, -0.2) is 31.7 Å². The van der Waals surface area contributed by atoms with Crippen molar-refractivity contribution < 1.29 is 19.8 Å². The first-order valence-corrected chi connectivity index (χ1v) is 12.3. The van der Waals surface area contributed by atoms with Crippen molar-refractivity contribution in [2.45, 2.75) is 25.5 Å². The second-order valence-electron chi connectivity index (χ2n) is 8.43. The lowest BCUT2D eigenvalue weighted by atomic mass is 10.00. The van der Waals surface area contributed by atoms with Crippen molar-refractivity contribution in [1.82, 2.24) is 9.78 Å². The summed E-state index contributed by atoms with van der Waals surface area (Å²) in [6.07, 6.45) is 15.7. The molecule has 2 aliphatic carbocycles. The molecule has 5 rings (SSSR count). The molecule has 2 aromatic rings. The summed E-state index contributed by atoms with van der Waals surface area (Å²) in [4.78, 5) is 27.6. The number of nitrogens with zero attached hydrogens (tertiary/aromatic N) is 3. The number of nitriles is 1. The summed E-state index contributed by atoms with van der Waals surface area (Å²) in [5.41, 5.74) is 1.62. The second kappa shape index (κ2) is 9.85. The molecule has 1 aromatic carbocycles. The van der Waals surface area contributed by atoms with Gasteiger partial charge in [0.2, 0.25) is 11.7 Å². The molecule has 0 fully saturated rings. The van der Waals surface area contributed by atoms with Crippen LogP contribution in [-0.2, 0) is 11.4 Å². The number of amides is 1. The van der Waals surface area contributed by atoms with Gasteiger partial charge in [-0.1, -0.05) is 54.3 Å². The Morgan fingerprint density at radius 1 is 1.28 bits per heavy atom. The Balaban J connectivity index is 1.54. The molecule has 1 aliphatic heterocycles. The Morgan fingerprint density at radius 3 is 2.81 bits per heavy atom. The minimum atomic E-state index is -1.64. The molecule has 0 bridgehead atoms. The average Bonchev–Trinajstić information content (AvgIpc) is 3.30. The summed E-state index contributed by atoms with van der Waals surface area (Å²) < 4.78 is 1.80. The number of aliphatic hydroxyl groups is 1. The normalized spacial score (nSPS) is 16.9. The molecule has 1 atom stereocenters. The number of rotatable bonds is 6. The predicted molar refractivity (Wildman–Crippen MR) is 137 cm³/mol. The van der Waals surface area contributed by atoms with Gasteiger partial charge in [-0.2, -0.15) is 10.4 Å². The number of carbonyl (C=O) groups is 2. The maximum Gasteiger partial charge on any atom is 0.249 e. The van der Waals surface area contributed by atoms with E-state index in [1.807, 2.05) is 54.0 Å². The Morgan fingerprint density at radius 2 is 2.08 bits per heavy atom. The third kappa shape index (κ3) is 4.21. The van der Waals surface area contributed by atoms with Gasteiger partial charge < -0.3 is 15.5 Å². The fourth-order valence-corrected chi connectivity index (χ4v) is 5.30. The van der Waals surface area contributed by atoms with E-state index in [0.717, 1.165) is 22.2 Å². The molecule has 1 amide bonds. The number of fused-ring (bicyclic) bond motifs is 2. The Bertz CT molecular complexity index is 1540. The number of hydrogen-bond acceptors (Lipinski definition) is 7. The molecule has 8 nitrogen and oxygen atoms in total. The van der Waals surface area contributed by atoms with Crippen molar-refractivity contribution in [3.8, 4) is 11.8 Å². The van der Waals surface area contributed by atoms with E-state index < -0.39 is 17.6 Å². The molecule has 180 valence electrons. The first-order valence-electron chi connectivity index (χ1n) is 11.4. The van der Waals surface area contributed by atoms with Crippen LogP contribution in [0.15, 0.2) is 65.6 Å². The van der Waals surface area contributed by atoms with Gasteiger partial charge in [0.1, 0.15) is 11.4 Å². The van der Waals surface area contributed by atoms with Gasteiger partial charge in [-0.15, -0.1) is 0 Å². The predicted octanol–water partition coefficient (Wildman–Crippen LogP) is 2.58. The van der Waals surface area contributed by atoms with E-state index in [0.29, 0.717) is 17.2 Å². The first-order chi connectivity index (χ1) is 17.5. The van der Waals surface area contributed by atoms with Crippen molar-refractivity contribution >= 4 is 40.1 Å². The minimum Gasteiger partial charge on any atom is -0.508 e. The number of phenols is 1. The number of aromatic nitrogens is 2. The summed E-state index contributed by atoms with van der Waals surface area (Å²) in [5.74, 6) is -3.36. The quantitative estimate of drug-likeness (QED) is 0.317. The number of allylic oxidation sites excluding steroid dienone is 8. The molecule has 1 unspecified atom stereocenters. The van der Waals surface area contributed by atoms with E-state index in [1.54, 1.807) is 4.68 Å². The zero-order valence-corrected chi connectivity index (χ0v) is 19.9. The Hall–Kier alpha value is -4.13. The number of Topliss-reactive ketones (excluding diaryl/α,β-unsaturated/α-hetero) is 1. The SMILES string of the molecule is N#CC(C(=O)Nc1ccc(CO)c(O)c1)C(=O)c1nn(C2C=CCC=C2)c2c1=CSC1=CC=CCC=21. The first kappa shape index (κ1) is 23.6. The molecule has 3 N–H and O–H groups in total. The fraction of sp³-hybridized carbons (Fsp3) is 0.185. The van der Waals surface area contributed by atoms with E-state index in [9.17, 15) is 25.1 Å². The lowest BCUT2D eigenvalue weighted by Crippen LogP contribution is -2.38. The van der Waals surface area contributed by atoms with Crippen molar-refractivity contribution in [3.05, 3.63) is 87.5 Å². The van der Waals surface area contributed by atoms with Crippen LogP contribution in [0.1, 0.15) is 34.9 Å². The van der Waals surface area contributed by atoms with Crippen LogP contribution in [0.5, 0.6) is 5.75 Å². The van der Waals surface area contributed by atoms with E-state index >= 15 is 0 Å². The highest BCUT2D eigenvalue weighted by atomic mass is 32.2. The summed E-state index contributed by atoms with van der Waals surface area (Å²) in [6.45, 7) is -0.362. The van der Waals surface area contributed by atoms with Gasteiger partial charge in [0.05, 0.1) is 24.1 Å². The van der Waals surface area contributed by atoms with Crippen LogP contribution in [0.4, 0.5) is 5.69 Å². The molecule has 0 saturated heterocycles.